The van der Waals surface area contributed by atoms with Gasteiger partial charge in [0, 0.05) is 12.8 Å². The highest BCUT2D eigenvalue weighted by molar-refractivity contribution is 9.39. The molecule has 0 aromatic rings. The quantitative estimate of drug-likeness (QED) is 0.304. The van der Waals surface area contributed by atoms with Crippen LogP contribution in [0.1, 0.15) is 12.8 Å². The first kappa shape index (κ1) is 18.1. The molecule has 0 atom stereocenters. The van der Waals surface area contributed by atoms with E-state index in [1.807, 2.05) is 0 Å². The fourth-order valence-corrected chi connectivity index (χ4v) is 1.51. The van der Waals surface area contributed by atoms with Gasteiger partial charge in [-0.2, -0.15) is 0 Å². The first-order valence-electron chi connectivity index (χ1n) is 4.03. The average Bonchev–Trinajstić information content (AvgIpc) is 1.98. The van der Waals surface area contributed by atoms with E-state index in [-0.39, 0.29) is 13.2 Å². The predicted molar refractivity (Wildman–Crippen MR) is 85.6 cm³/mol. The molecule has 9 heteroatoms. The first-order chi connectivity index (χ1) is 7.10. The predicted octanol–water partition coefficient (Wildman–Crippen LogP) is 5.60. The number of hydrogen-bond donors (Lipinski definition) is 0. The van der Waals surface area contributed by atoms with Crippen molar-refractivity contribution in [2.24, 2.45) is 0 Å². The fraction of sp³-hybridized carbons (Fsp3) is 0.857. The molecule has 16 heavy (non-hydrogen) atoms. The molecule has 0 aliphatic rings. The summed E-state index contributed by atoms with van der Waals surface area (Å²) >= 11 is 19.7. The van der Waals surface area contributed by atoms with Crippen molar-refractivity contribution >= 4 is 102 Å². The van der Waals surface area contributed by atoms with E-state index in [1.165, 1.54) is 0 Å². The Morgan fingerprint density at radius 2 is 1.12 bits per heavy atom. The minimum atomic E-state index is -0.673. The zero-order chi connectivity index (χ0) is 12.8. The lowest BCUT2D eigenvalue weighted by atomic mass is 10.5. The number of halogens is 6. The molecular formula is C7H8Br6O3. The summed E-state index contributed by atoms with van der Waals surface area (Å²) in [5.74, 6) is 0. The number of ether oxygens (including phenoxy) is 2. The molecule has 96 valence electrons. The van der Waals surface area contributed by atoms with E-state index in [2.05, 4.69) is 95.6 Å². The summed E-state index contributed by atoms with van der Waals surface area (Å²) in [7, 11) is 0. The Labute approximate surface area is 145 Å². The molecule has 0 aliphatic heterocycles. The Morgan fingerprint density at radius 1 is 0.812 bits per heavy atom. The second-order valence-corrected chi connectivity index (χ2v) is 17.2. The van der Waals surface area contributed by atoms with Gasteiger partial charge in [0.1, 0.15) is 4.29 Å². The number of carbonyl (C=O) groups excluding carboxylic acids is 1. The lowest BCUT2D eigenvalue weighted by Crippen LogP contribution is -2.15. The SMILES string of the molecule is O=C(OCCC(Br)(Br)Br)OCCC(Br)(Br)Br. The van der Waals surface area contributed by atoms with Crippen molar-refractivity contribution < 1.29 is 14.3 Å². The van der Waals surface area contributed by atoms with Crippen molar-refractivity contribution in [1.29, 1.82) is 0 Å². The first-order valence-corrected chi connectivity index (χ1v) is 8.79. The minimum Gasteiger partial charge on any atom is -0.434 e. The molecule has 0 aliphatic carbocycles. The van der Waals surface area contributed by atoms with Crippen LogP contribution in [0.15, 0.2) is 0 Å². The van der Waals surface area contributed by atoms with Crippen LogP contribution in [0.4, 0.5) is 4.79 Å². The summed E-state index contributed by atoms with van der Waals surface area (Å²) in [5.41, 5.74) is 0. The molecule has 0 aromatic heterocycles. The molecule has 0 unspecified atom stereocenters. The monoisotopic (exact) mass is 614 g/mol. The van der Waals surface area contributed by atoms with Crippen LogP contribution in [0, 0.1) is 0 Å². The van der Waals surface area contributed by atoms with E-state index in [4.69, 9.17) is 9.47 Å². The number of hydrogen-bond acceptors (Lipinski definition) is 3. The maximum Gasteiger partial charge on any atom is 0.508 e. The Morgan fingerprint density at radius 3 is 1.38 bits per heavy atom. The molecule has 0 radical (unpaired) electrons. The lowest BCUT2D eigenvalue weighted by Gasteiger charge is -2.13. The Balaban J connectivity index is 3.53. The Kier molecular flexibility index (Phi) is 9.47. The summed E-state index contributed by atoms with van der Waals surface area (Å²) in [6, 6.07) is 0. The van der Waals surface area contributed by atoms with E-state index >= 15 is 0 Å². The van der Waals surface area contributed by atoms with Crippen LogP contribution in [0.25, 0.3) is 0 Å². The molecule has 0 spiro atoms. The van der Waals surface area contributed by atoms with Gasteiger partial charge in [-0.25, -0.2) is 4.79 Å². The second-order valence-electron chi connectivity index (χ2n) is 2.68. The van der Waals surface area contributed by atoms with Crippen LogP contribution >= 0.6 is 95.6 Å². The van der Waals surface area contributed by atoms with Crippen LogP contribution in [0.2, 0.25) is 0 Å². The molecule has 0 bridgehead atoms. The van der Waals surface area contributed by atoms with Gasteiger partial charge in [0.15, 0.2) is 0 Å². The minimum absolute atomic E-state index is 0.253. The molecule has 0 saturated heterocycles. The van der Waals surface area contributed by atoms with Crippen molar-refractivity contribution in [3.63, 3.8) is 0 Å². The van der Waals surface area contributed by atoms with Crippen molar-refractivity contribution in [1.82, 2.24) is 0 Å². The zero-order valence-electron chi connectivity index (χ0n) is 7.82. The summed E-state index contributed by atoms with van der Waals surface area (Å²) < 4.78 is 8.87. The maximum absolute atomic E-state index is 11.1. The second kappa shape index (κ2) is 8.35. The van der Waals surface area contributed by atoms with E-state index in [9.17, 15) is 4.79 Å². The summed E-state index contributed by atoms with van der Waals surface area (Å²) in [6.45, 7) is 0.505. The van der Waals surface area contributed by atoms with Crippen molar-refractivity contribution in [3.05, 3.63) is 0 Å². The van der Waals surface area contributed by atoms with Crippen molar-refractivity contribution in [2.45, 2.75) is 17.1 Å². The molecular weight excluding hydrogens is 611 g/mol. The number of rotatable bonds is 4. The third kappa shape index (κ3) is 14.2. The molecule has 0 N–H and O–H groups in total. The molecule has 0 aromatic carbocycles. The fourth-order valence-electron chi connectivity index (χ4n) is 0.542. The van der Waals surface area contributed by atoms with Gasteiger partial charge in [-0.15, -0.1) is 0 Å². The van der Waals surface area contributed by atoms with Crippen LogP contribution in [-0.4, -0.2) is 23.7 Å². The smallest absolute Gasteiger partial charge is 0.434 e. The third-order valence-electron chi connectivity index (χ3n) is 1.21. The summed E-state index contributed by atoms with van der Waals surface area (Å²) in [4.78, 5) is 11.1. The largest absolute Gasteiger partial charge is 0.508 e. The van der Waals surface area contributed by atoms with E-state index < -0.39 is 10.4 Å². The number of alkyl halides is 6. The van der Waals surface area contributed by atoms with Gasteiger partial charge in [0.25, 0.3) is 0 Å². The highest BCUT2D eigenvalue weighted by Crippen LogP contribution is 2.37. The lowest BCUT2D eigenvalue weighted by molar-refractivity contribution is 0.0551. The van der Waals surface area contributed by atoms with Crippen molar-refractivity contribution in [3.8, 4) is 0 Å². The topological polar surface area (TPSA) is 35.5 Å². The van der Waals surface area contributed by atoms with Gasteiger partial charge in [-0.05, 0) is 0 Å². The summed E-state index contributed by atoms with van der Waals surface area (Å²) in [5, 5.41) is 0. The molecule has 0 heterocycles. The molecule has 0 amide bonds. The molecule has 0 saturated carbocycles. The molecule has 0 rings (SSSR count). The van der Waals surface area contributed by atoms with Crippen LogP contribution in [0.5, 0.6) is 0 Å². The maximum atomic E-state index is 11.1. The van der Waals surface area contributed by atoms with Crippen LogP contribution in [-0.2, 0) is 9.47 Å². The van der Waals surface area contributed by atoms with Crippen molar-refractivity contribution in [2.75, 3.05) is 13.2 Å². The van der Waals surface area contributed by atoms with E-state index in [1.54, 1.807) is 0 Å². The number of carbonyl (C=O) groups is 1. The Hall–Kier alpha value is 2.15. The zero-order valence-corrected chi connectivity index (χ0v) is 17.3. The van der Waals surface area contributed by atoms with Gasteiger partial charge in [-0.3, -0.25) is 0 Å². The highest BCUT2D eigenvalue weighted by atomic mass is 80.0. The van der Waals surface area contributed by atoms with Gasteiger partial charge < -0.3 is 9.47 Å². The van der Waals surface area contributed by atoms with Gasteiger partial charge in [0.05, 0.1) is 13.2 Å². The van der Waals surface area contributed by atoms with Crippen LogP contribution in [0.3, 0.4) is 0 Å². The highest BCUT2D eigenvalue weighted by Gasteiger charge is 2.20. The van der Waals surface area contributed by atoms with E-state index in [0.29, 0.717) is 12.8 Å². The standard InChI is InChI=1S/C7H8Br6O3/c8-6(9,10)1-3-15-5(14)16-4-2-7(11,12)13/h1-4H2. The third-order valence-corrected chi connectivity index (χ3v) is 3.59. The average molecular weight is 620 g/mol. The van der Waals surface area contributed by atoms with Gasteiger partial charge in [-0.1, -0.05) is 95.6 Å². The van der Waals surface area contributed by atoms with Gasteiger partial charge >= 0.3 is 6.16 Å². The van der Waals surface area contributed by atoms with E-state index in [0.717, 1.165) is 0 Å². The summed E-state index contributed by atoms with van der Waals surface area (Å²) in [6.07, 6.45) is 0.469. The molecule has 3 nitrogen and oxygen atoms in total. The molecule has 0 fully saturated rings. The normalized spacial score (nSPS) is 12.4. The van der Waals surface area contributed by atoms with Crippen LogP contribution < -0.4 is 0 Å². The van der Waals surface area contributed by atoms with Gasteiger partial charge in [0.2, 0.25) is 0 Å². The Bertz CT molecular complexity index is 199.